The van der Waals surface area contributed by atoms with E-state index in [-0.39, 0.29) is 17.8 Å². The fraction of sp³-hybridized carbons (Fsp3) is 0.421. The standard InChI is InChI=1S/C19H23BFN3O5/c1-18(2)19(3,4)29-20(28-18)16(21)13(12-8-6-7-9-15(12)27-5)10-24-11-14(17(25)26)22-23-24/h6-9,11H,10H2,1-5H3,(H,25,26). The second-order valence-corrected chi connectivity index (χ2v) is 7.72. The van der Waals surface area contributed by atoms with E-state index in [1.807, 2.05) is 27.7 Å². The number of rotatable bonds is 6. The van der Waals surface area contributed by atoms with E-state index in [1.165, 1.54) is 18.0 Å². The molecule has 0 amide bonds. The predicted octanol–water partition coefficient (Wildman–Crippen LogP) is 3.00. The van der Waals surface area contributed by atoms with Crippen molar-refractivity contribution in [3.05, 3.63) is 47.4 Å². The van der Waals surface area contributed by atoms with Crippen LogP contribution in [0.1, 0.15) is 43.7 Å². The van der Waals surface area contributed by atoms with Crippen molar-refractivity contribution < 1.29 is 28.3 Å². The minimum absolute atomic E-state index is 0.0867. The third-order valence-electron chi connectivity index (χ3n) is 5.26. The molecule has 2 heterocycles. The van der Waals surface area contributed by atoms with E-state index in [0.717, 1.165) is 0 Å². The van der Waals surface area contributed by atoms with Gasteiger partial charge in [-0.05, 0) is 33.8 Å². The van der Waals surface area contributed by atoms with E-state index in [9.17, 15) is 4.79 Å². The number of aromatic carboxylic acids is 1. The van der Waals surface area contributed by atoms with Gasteiger partial charge in [-0.15, -0.1) is 5.10 Å². The number of nitrogens with zero attached hydrogens (tertiary/aromatic N) is 3. The summed E-state index contributed by atoms with van der Waals surface area (Å²) in [4.78, 5) is 11.1. The van der Waals surface area contributed by atoms with Crippen molar-refractivity contribution in [3.63, 3.8) is 0 Å². The first-order chi connectivity index (χ1) is 13.6. The van der Waals surface area contributed by atoms with Crippen molar-refractivity contribution in [1.82, 2.24) is 15.0 Å². The van der Waals surface area contributed by atoms with Crippen molar-refractivity contribution in [3.8, 4) is 5.75 Å². The van der Waals surface area contributed by atoms with Crippen LogP contribution in [-0.2, 0) is 15.9 Å². The number of allylic oxidation sites excluding steroid dienone is 1. The summed E-state index contributed by atoms with van der Waals surface area (Å²) >= 11 is 0. The molecule has 0 unspecified atom stereocenters. The SMILES string of the molecule is COc1ccccc1C(Cn1cc(C(=O)O)nn1)=C(F)B1OC(C)(C)C(C)(C)O1. The fourth-order valence-electron chi connectivity index (χ4n) is 2.91. The lowest BCUT2D eigenvalue weighted by molar-refractivity contribution is 0.00578. The highest BCUT2D eigenvalue weighted by Crippen LogP contribution is 2.41. The molecule has 1 saturated heterocycles. The Morgan fingerprint density at radius 3 is 2.41 bits per heavy atom. The first kappa shape index (κ1) is 21.0. The topological polar surface area (TPSA) is 95.7 Å². The lowest BCUT2D eigenvalue weighted by Crippen LogP contribution is -2.41. The second kappa shape index (κ2) is 7.60. The molecule has 1 aliphatic rings. The Kier molecular flexibility index (Phi) is 5.51. The Morgan fingerprint density at radius 2 is 1.86 bits per heavy atom. The first-order valence-corrected chi connectivity index (χ1v) is 9.07. The largest absolute Gasteiger partial charge is 0.525 e. The molecule has 2 aromatic rings. The highest BCUT2D eigenvalue weighted by molar-refractivity contribution is 6.55. The molecule has 1 aliphatic heterocycles. The van der Waals surface area contributed by atoms with Crippen LogP contribution in [0.4, 0.5) is 4.39 Å². The molecule has 154 valence electrons. The number of para-hydroxylation sites is 1. The Balaban J connectivity index is 2.07. The zero-order valence-corrected chi connectivity index (χ0v) is 17.0. The molecule has 10 heteroatoms. The molecular weight excluding hydrogens is 380 g/mol. The van der Waals surface area contributed by atoms with Gasteiger partial charge in [0.1, 0.15) is 11.5 Å². The lowest BCUT2D eigenvalue weighted by Gasteiger charge is -2.32. The van der Waals surface area contributed by atoms with E-state index in [1.54, 1.807) is 24.3 Å². The summed E-state index contributed by atoms with van der Waals surface area (Å²) in [5, 5.41) is 16.4. The van der Waals surface area contributed by atoms with Crippen LogP contribution in [0, 0.1) is 0 Å². The van der Waals surface area contributed by atoms with Crippen molar-refractivity contribution in [2.24, 2.45) is 0 Å². The van der Waals surface area contributed by atoms with Crippen LogP contribution >= 0.6 is 0 Å². The number of carboxylic acids is 1. The molecule has 0 saturated carbocycles. The monoisotopic (exact) mass is 403 g/mol. The highest BCUT2D eigenvalue weighted by atomic mass is 19.1. The summed E-state index contributed by atoms with van der Waals surface area (Å²) in [5.74, 6) is -0.766. The number of halogens is 1. The minimum Gasteiger partial charge on any atom is -0.496 e. The van der Waals surface area contributed by atoms with Crippen molar-refractivity contribution >= 4 is 18.7 Å². The smallest absolute Gasteiger partial charge is 0.496 e. The molecule has 1 N–H and O–H groups in total. The van der Waals surface area contributed by atoms with Gasteiger partial charge in [-0.1, -0.05) is 23.4 Å². The number of aromatic nitrogens is 3. The average Bonchev–Trinajstić information content (AvgIpc) is 3.21. The molecule has 1 aromatic carbocycles. The van der Waals surface area contributed by atoms with Crippen molar-refractivity contribution in [1.29, 1.82) is 0 Å². The summed E-state index contributed by atoms with van der Waals surface area (Å²) < 4.78 is 34.0. The molecule has 0 bridgehead atoms. The van der Waals surface area contributed by atoms with Gasteiger partial charge in [0.25, 0.3) is 0 Å². The van der Waals surface area contributed by atoms with Crippen LogP contribution in [0.25, 0.3) is 5.57 Å². The van der Waals surface area contributed by atoms with E-state index in [0.29, 0.717) is 11.3 Å². The number of benzene rings is 1. The number of carbonyl (C=O) groups is 1. The highest BCUT2D eigenvalue weighted by Gasteiger charge is 2.53. The maximum atomic E-state index is 15.7. The van der Waals surface area contributed by atoms with Crippen molar-refractivity contribution in [2.45, 2.75) is 45.4 Å². The van der Waals surface area contributed by atoms with Crippen LogP contribution in [0.3, 0.4) is 0 Å². The van der Waals surface area contributed by atoms with Gasteiger partial charge in [-0.25, -0.2) is 13.9 Å². The summed E-state index contributed by atoms with van der Waals surface area (Å²) in [6, 6.07) is 6.93. The summed E-state index contributed by atoms with van der Waals surface area (Å²) in [5.41, 5.74) is -1.63. The summed E-state index contributed by atoms with van der Waals surface area (Å²) in [6.07, 6.45) is 1.23. The maximum Gasteiger partial charge on any atom is 0.525 e. The molecule has 0 atom stereocenters. The molecule has 0 radical (unpaired) electrons. The van der Waals surface area contributed by atoms with Gasteiger partial charge in [0.15, 0.2) is 5.69 Å². The van der Waals surface area contributed by atoms with Gasteiger partial charge in [-0.3, -0.25) is 0 Å². The maximum absolute atomic E-state index is 15.7. The molecule has 0 aliphatic carbocycles. The minimum atomic E-state index is -1.22. The third-order valence-corrected chi connectivity index (χ3v) is 5.26. The summed E-state index contributed by atoms with van der Waals surface area (Å²) in [7, 11) is 0.267. The molecule has 29 heavy (non-hydrogen) atoms. The van der Waals surface area contributed by atoms with Gasteiger partial charge >= 0.3 is 13.1 Å². The Hall–Kier alpha value is -2.72. The van der Waals surface area contributed by atoms with Crippen LogP contribution < -0.4 is 4.74 Å². The molecule has 3 rings (SSSR count). The molecule has 1 aromatic heterocycles. The number of methoxy groups -OCH3 is 1. The number of hydrogen-bond donors (Lipinski definition) is 1. The number of hydrogen-bond acceptors (Lipinski definition) is 6. The average molecular weight is 403 g/mol. The zero-order chi connectivity index (χ0) is 21.4. The second-order valence-electron chi connectivity index (χ2n) is 7.72. The Labute approximate surface area is 168 Å². The van der Waals surface area contributed by atoms with Gasteiger partial charge in [0, 0.05) is 11.1 Å². The summed E-state index contributed by atoms with van der Waals surface area (Å²) in [6.45, 7) is 7.25. The quantitative estimate of drug-likeness (QED) is 0.741. The fourth-order valence-corrected chi connectivity index (χ4v) is 2.91. The lowest BCUT2D eigenvalue weighted by atomic mass is 9.82. The number of carboxylic acid groups (broad SMARTS) is 1. The van der Waals surface area contributed by atoms with Crippen LogP contribution in [0.5, 0.6) is 5.75 Å². The Bertz CT molecular complexity index is 941. The van der Waals surface area contributed by atoms with Crippen LogP contribution in [-0.4, -0.2) is 51.5 Å². The van der Waals surface area contributed by atoms with Gasteiger partial charge in [0.2, 0.25) is 0 Å². The number of ether oxygens (including phenoxy) is 1. The van der Waals surface area contributed by atoms with E-state index < -0.39 is 30.0 Å². The van der Waals surface area contributed by atoms with Crippen LogP contribution in [0.2, 0.25) is 0 Å². The first-order valence-electron chi connectivity index (χ1n) is 9.07. The van der Waals surface area contributed by atoms with Crippen LogP contribution in [0.15, 0.2) is 36.2 Å². The molecule has 0 spiro atoms. The molecular formula is C19H23BFN3O5. The van der Waals surface area contributed by atoms with E-state index in [4.69, 9.17) is 19.2 Å². The van der Waals surface area contributed by atoms with Crippen molar-refractivity contribution in [2.75, 3.05) is 7.11 Å². The van der Waals surface area contributed by atoms with Gasteiger partial charge in [-0.2, -0.15) is 0 Å². The van der Waals surface area contributed by atoms with E-state index >= 15 is 4.39 Å². The normalized spacial score (nSPS) is 18.5. The molecule has 1 fully saturated rings. The molecule has 8 nitrogen and oxygen atoms in total. The zero-order valence-electron chi connectivity index (χ0n) is 17.0. The van der Waals surface area contributed by atoms with Gasteiger partial charge < -0.3 is 19.2 Å². The third kappa shape index (κ3) is 4.04. The van der Waals surface area contributed by atoms with E-state index in [2.05, 4.69) is 10.3 Å². The predicted molar refractivity (Wildman–Crippen MR) is 104 cm³/mol. The Morgan fingerprint density at radius 1 is 1.24 bits per heavy atom. The van der Waals surface area contributed by atoms with Gasteiger partial charge in [0.05, 0.1) is 31.1 Å².